The van der Waals surface area contributed by atoms with Gasteiger partial charge in [0.2, 0.25) is 0 Å². The summed E-state index contributed by atoms with van der Waals surface area (Å²) in [5, 5.41) is 7.73. The van der Waals surface area contributed by atoms with Crippen molar-refractivity contribution in [3.05, 3.63) is 11.9 Å². The molecule has 0 radical (unpaired) electrons. The molecule has 1 heterocycles. The Hall–Kier alpha value is -1.43. The van der Waals surface area contributed by atoms with Gasteiger partial charge in [0.05, 0.1) is 25.8 Å². The molecule has 14 heavy (non-hydrogen) atoms. The molecular formula is C8H14N4O2. The van der Waals surface area contributed by atoms with Gasteiger partial charge in [-0.3, -0.25) is 9.48 Å². The lowest BCUT2D eigenvalue weighted by molar-refractivity contribution is -0.140. The number of nitrogens with two attached hydrogens (primary N) is 1. The second kappa shape index (κ2) is 5.33. The number of aryl methyl sites for hydroxylation is 1. The van der Waals surface area contributed by atoms with Crippen molar-refractivity contribution in [1.29, 1.82) is 0 Å². The van der Waals surface area contributed by atoms with Crippen LogP contribution in [-0.4, -0.2) is 34.6 Å². The number of carbonyl (C=O) groups excluding carboxylic acids is 1. The molecule has 6 heteroatoms. The Morgan fingerprint density at radius 2 is 2.50 bits per heavy atom. The fraction of sp³-hybridized carbons (Fsp3) is 0.625. The molecule has 0 saturated carbocycles. The zero-order chi connectivity index (χ0) is 10.4. The molecule has 0 saturated heterocycles. The van der Waals surface area contributed by atoms with E-state index in [0.29, 0.717) is 25.9 Å². The Morgan fingerprint density at radius 3 is 3.14 bits per heavy atom. The highest BCUT2D eigenvalue weighted by Gasteiger charge is 2.03. The lowest BCUT2D eigenvalue weighted by Crippen LogP contribution is -2.07. The van der Waals surface area contributed by atoms with Crippen LogP contribution in [-0.2, 0) is 22.5 Å². The predicted molar refractivity (Wildman–Crippen MR) is 49.4 cm³/mol. The molecule has 78 valence electrons. The Kier molecular flexibility index (Phi) is 4.06. The maximum Gasteiger partial charge on any atom is 0.307 e. The zero-order valence-corrected chi connectivity index (χ0v) is 8.14. The van der Waals surface area contributed by atoms with Crippen molar-refractivity contribution in [3.63, 3.8) is 0 Å². The minimum atomic E-state index is -0.249. The van der Waals surface area contributed by atoms with E-state index >= 15 is 0 Å². The number of hydrogen-bond acceptors (Lipinski definition) is 5. The van der Waals surface area contributed by atoms with Gasteiger partial charge in [0.1, 0.15) is 0 Å². The van der Waals surface area contributed by atoms with Crippen molar-refractivity contribution in [2.24, 2.45) is 5.73 Å². The van der Waals surface area contributed by atoms with E-state index in [1.165, 1.54) is 7.11 Å². The molecule has 0 atom stereocenters. The van der Waals surface area contributed by atoms with Crippen molar-refractivity contribution < 1.29 is 9.53 Å². The Morgan fingerprint density at radius 1 is 1.71 bits per heavy atom. The van der Waals surface area contributed by atoms with Gasteiger partial charge >= 0.3 is 5.97 Å². The van der Waals surface area contributed by atoms with Crippen LogP contribution >= 0.6 is 0 Å². The summed E-state index contributed by atoms with van der Waals surface area (Å²) >= 11 is 0. The van der Waals surface area contributed by atoms with E-state index in [4.69, 9.17) is 5.73 Å². The average molecular weight is 198 g/mol. The molecule has 0 bridgehead atoms. The first kappa shape index (κ1) is 10.6. The normalized spacial score (nSPS) is 10.1. The molecular weight excluding hydrogens is 184 g/mol. The summed E-state index contributed by atoms with van der Waals surface area (Å²) in [7, 11) is 1.36. The number of methoxy groups -OCH3 is 1. The molecule has 1 aromatic heterocycles. The molecule has 0 amide bonds. The second-order valence-electron chi connectivity index (χ2n) is 2.84. The first-order valence-corrected chi connectivity index (χ1v) is 4.42. The van der Waals surface area contributed by atoms with E-state index in [-0.39, 0.29) is 5.97 Å². The van der Waals surface area contributed by atoms with Gasteiger partial charge < -0.3 is 10.5 Å². The van der Waals surface area contributed by atoms with Gasteiger partial charge in [-0.1, -0.05) is 5.21 Å². The largest absolute Gasteiger partial charge is 0.469 e. The molecule has 0 unspecified atom stereocenters. The predicted octanol–water partition coefficient (Wildman–Crippen LogP) is -0.658. The van der Waals surface area contributed by atoms with Crippen molar-refractivity contribution in [2.45, 2.75) is 19.4 Å². The molecule has 6 nitrogen and oxygen atoms in total. The summed E-state index contributed by atoms with van der Waals surface area (Å²) in [5.41, 5.74) is 6.21. The van der Waals surface area contributed by atoms with Gasteiger partial charge in [0, 0.05) is 12.6 Å². The van der Waals surface area contributed by atoms with Crippen LogP contribution in [0.5, 0.6) is 0 Å². The summed E-state index contributed by atoms with van der Waals surface area (Å²) in [6, 6.07) is 0. The SMILES string of the molecule is COC(=O)CCn1cc(CCN)nn1. The minimum absolute atomic E-state index is 0.249. The third-order valence-corrected chi connectivity index (χ3v) is 1.76. The number of hydrogen-bond donors (Lipinski definition) is 1. The van der Waals surface area contributed by atoms with E-state index in [2.05, 4.69) is 15.0 Å². The fourth-order valence-corrected chi connectivity index (χ4v) is 1.02. The monoisotopic (exact) mass is 198 g/mol. The molecule has 0 spiro atoms. The first-order chi connectivity index (χ1) is 6.76. The number of esters is 1. The van der Waals surface area contributed by atoms with Crippen LogP contribution in [0.1, 0.15) is 12.1 Å². The van der Waals surface area contributed by atoms with Crippen LogP contribution < -0.4 is 5.73 Å². The van der Waals surface area contributed by atoms with Crippen LogP contribution in [0.15, 0.2) is 6.20 Å². The van der Waals surface area contributed by atoms with Crippen LogP contribution in [0.3, 0.4) is 0 Å². The molecule has 0 fully saturated rings. The molecule has 0 aliphatic carbocycles. The van der Waals surface area contributed by atoms with Crippen LogP contribution in [0.2, 0.25) is 0 Å². The lowest BCUT2D eigenvalue weighted by Gasteiger charge is -1.98. The zero-order valence-electron chi connectivity index (χ0n) is 8.14. The van der Waals surface area contributed by atoms with Gasteiger partial charge in [-0.2, -0.15) is 0 Å². The van der Waals surface area contributed by atoms with E-state index in [0.717, 1.165) is 5.69 Å². The second-order valence-corrected chi connectivity index (χ2v) is 2.84. The van der Waals surface area contributed by atoms with Gasteiger partial charge in [-0.15, -0.1) is 5.10 Å². The highest BCUT2D eigenvalue weighted by atomic mass is 16.5. The molecule has 2 N–H and O–H groups in total. The molecule has 0 aliphatic heterocycles. The van der Waals surface area contributed by atoms with E-state index < -0.39 is 0 Å². The molecule has 0 aromatic carbocycles. The number of rotatable bonds is 5. The number of carbonyl (C=O) groups is 1. The third-order valence-electron chi connectivity index (χ3n) is 1.76. The third kappa shape index (κ3) is 3.14. The Labute approximate surface area is 82.0 Å². The molecule has 1 aromatic rings. The first-order valence-electron chi connectivity index (χ1n) is 4.42. The fourth-order valence-electron chi connectivity index (χ4n) is 1.02. The van der Waals surface area contributed by atoms with E-state index in [1.54, 1.807) is 10.9 Å². The smallest absolute Gasteiger partial charge is 0.307 e. The minimum Gasteiger partial charge on any atom is -0.469 e. The van der Waals surface area contributed by atoms with Gasteiger partial charge in [0.25, 0.3) is 0 Å². The van der Waals surface area contributed by atoms with Gasteiger partial charge in [-0.25, -0.2) is 0 Å². The lowest BCUT2D eigenvalue weighted by atomic mass is 10.3. The summed E-state index contributed by atoms with van der Waals surface area (Å²) in [6.45, 7) is 1.04. The topological polar surface area (TPSA) is 83.0 Å². The summed E-state index contributed by atoms with van der Waals surface area (Å²) in [4.78, 5) is 10.8. The highest BCUT2D eigenvalue weighted by Crippen LogP contribution is 1.95. The maximum absolute atomic E-state index is 10.8. The van der Waals surface area contributed by atoms with Crippen LogP contribution in [0.25, 0.3) is 0 Å². The summed E-state index contributed by atoms with van der Waals surface area (Å²) in [5.74, 6) is -0.249. The number of nitrogens with zero attached hydrogens (tertiary/aromatic N) is 3. The standard InChI is InChI=1S/C8H14N4O2/c1-14-8(13)3-5-12-6-7(2-4-9)10-11-12/h6H,2-5,9H2,1H3. The van der Waals surface area contributed by atoms with Crippen molar-refractivity contribution in [2.75, 3.05) is 13.7 Å². The number of aromatic nitrogens is 3. The van der Waals surface area contributed by atoms with Gasteiger partial charge in [0.15, 0.2) is 0 Å². The van der Waals surface area contributed by atoms with Crippen molar-refractivity contribution in [3.8, 4) is 0 Å². The Balaban J connectivity index is 2.39. The van der Waals surface area contributed by atoms with Crippen molar-refractivity contribution in [1.82, 2.24) is 15.0 Å². The molecule has 0 aliphatic rings. The van der Waals surface area contributed by atoms with Crippen molar-refractivity contribution >= 4 is 5.97 Å². The number of ether oxygens (including phenoxy) is 1. The van der Waals surface area contributed by atoms with E-state index in [9.17, 15) is 4.79 Å². The highest BCUT2D eigenvalue weighted by molar-refractivity contribution is 5.68. The average Bonchev–Trinajstić information content (AvgIpc) is 2.63. The molecule has 1 rings (SSSR count). The summed E-state index contributed by atoms with van der Waals surface area (Å²) in [6.07, 6.45) is 2.80. The summed E-state index contributed by atoms with van der Waals surface area (Å²) < 4.78 is 6.12. The maximum atomic E-state index is 10.8. The Bertz CT molecular complexity index is 297. The quantitative estimate of drug-likeness (QED) is 0.635. The van der Waals surface area contributed by atoms with Crippen LogP contribution in [0.4, 0.5) is 0 Å². The van der Waals surface area contributed by atoms with Crippen LogP contribution in [0, 0.1) is 0 Å². The van der Waals surface area contributed by atoms with E-state index in [1.807, 2.05) is 0 Å². The van der Waals surface area contributed by atoms with Gasteiger partial charge in [-0.05, 0) is 6.54 Å².